The van der Waals surface area contributed by atoms with Crippen molar-refractivity contribution in [2.75, 3.05) is 0 Å². The molecule has 53 heavy (non-hydrogen) atoms. The van der Waals surface area contributed by atoms with Crippen molar-refractivity contribution in [2.24, 2.45) is 0 Å². The van der Waals surface area contributed by atoms with E-state index < -0.39 is 0 Å². The van der Waals surface area contributed by atoms with Crippen molar-refractivity contribution in [1.29, 1.82) is 0 Å². The molecule has 0 spiro atoms. The third-order valence-electron chi connectivity index (χ3n) is 9.29. The standard InChI is InChI=1S/C44H26I4N4.Zn/c45-29-9-1-25(2-10-29)41-33-17-19-35(49-33)42(26-3-11-30(46)12-4-26)37-21-23-39(51-37)44(28-7-15-32(48)16-8-28)40-24-22-38(52-40)43(36-20-18-34(41)50-36)27-5-13-31(47)14-6-27;/h1-24,49,52H;/q;+2. The summed E-state index contributed by atoms with van der Waals surface area (Å²) in [5, 5.41) is 0. The first-order valence-electron chi connectivity index (χ1n) is 16.6. The van der Waals surface area contributed by atoms with Crippen LogP contribution in [-0.4, -0.2) is 19.9 Å². The molecule has 0 unspecified atom stereocenters. The third kappa shape index (κ3) is 7.40. The van der Waals surface area contributed by atoms with Crippen molar-refractivity contribution in [1.82, 2.24) is 19.9 Å². The van der Waals surface area contributed by atoms with Gasteiger partial charge in [0.15, 0.2) is 0 Å². The maximum Gasteiger partial charge on any atom is 2.00 e. The molecule has 7 aromatic rings. The molecule has 0 atom stereocenters. The third-order valence-corrected chi connectivity index (χ3v) is 12.2. The Morgan fingerprint density at radius 3 is 0.717 bits per heavy atom. The first-order valence-corrected chi connectivity index (χ1v) is 20.9. The molecular weight excluding hydrogens is 1160 g/mol. The number of H-pyrrole nitrogens is 2. The molecule has 2 aliphatic heterocycles. The Bertz CT molecular complexity index is 2370. The van der Waals surface area contributed by atoms with Gasteiger partial charge in [0.1, 0.15) is 0 Å². The second kappa shape index (κ2) is 15.6. The summed E-state index contributed by atoms with van der Waals surface area (Å²) >= 11 is 9.46. The summed E-state index contributed by atoms with van der Waals surface area (Å²) in [6.07, 6.45) is 8.59. The number of rotatable bonds is 4. The molecule has 4 aromatic carbocycles. The van der Waals surface area contributed by atoms with Gasteiger partial charge in [-0.3, -0.25) is 0 Å². The van der Waals surface area contributed by atoms with Gasteiger partial charge in [-0.15, -0.1) is 0 Å². The predicted octanol–water partition coefficient (Wildman–Crippen LogP) is 13.7. The molecule has 5 heterocycles. The molecule has 9 rings (SSSR count). The summed E-state index contributed by atoms with van der Waals surface area (Å²) in [5.74, 6) is 0. The molecule has 0 saturated carbocycles. The molecule has 3 aromatic heterocycles. The van der Waals surface area contributed by atoms with Crippen LogP contribution in [0.5, 0.6) is 0 Å². The topological polar surface area (TPSA) is 57.4 Å². The zero-order chi connectivity index (χ0) is 35.3. The zero-order valence-electron chi connectivity index (χ0n) is 28.0. The SMILES string of the molecule is Ic1ccc(-c2c3nc(c(-c4ccc(I)cc4)c4ccc([nH]4)c(-c4ccc(I)cc4)c4nc(c(-c5ccc(I)cc5)c5ccc2[nH]5)C=C4)C=C3)cc1.[Zn+2]. The molecule has 250 valence electrons. The maximum absolute atomic E-state index is 5.41. The smallest absolute Gasteiger partial charge is 0.354 e. The average Bonchev–Trinajstić information content (AvgIpc) is 3.99. The van der Waals surface area contributed by atoms with Crippen LogP contribution >= 0.6 is 90.4 Å². The summed E-state index contributed by atoms with van der Waals surface area (Å²) in [7, 11) is 0. The maximum atomic E-state index is 5.41. The van der Waals surface area contributed by atoms with E-state index >= 15 is 0 Å². The van der Waals surface area contributed by atoms with E-state index in [4.69, 9.17) is 9.97 Å². The number of nitrogens with one attached hydrogen (secondary N) is 2. The Balaban J connectivity index is 0.00000400. The predicted molar refractivity (Wildman–Crippen MR) is 251 cm³/mol. The Labute approximate surface area is 374 Å². The number of hydrogen-bond donors (Lipinski definition) is 2. The summed E-state index contributed by atoms with van der Waals surface area (Å²) in [6, 6.07) is 43.4. The van der Waals surface area contributed by atoms with Gasteiger partial charge in [-0.2, -0.15) is 0 Å². The molecule has 9 heteroatoms. The number of halogens is 4. The minimum atomic E-state index is 0. The summed E-state index contributed by atoms with van der Waals surface area (Å²) < 4.78 is 4.74. The summed E-state index contributed by atoms with van der Waals surface area (Å²) in [5.41, 5.74) is 16.1. The van der Waals surface area contributed by atoms with Gasteiger partial charge in [0.25, 0.3) is 0 Å². The number of aromatic nitrogens is 4. The van der Waals surface area contributed by atoms with E-state index in [0.717, 1.165) is 89.4 Å². The van der Waals surface area contributed by atoms with Crippen LogP contribution in [0, 0.1) is 14.3 Å². The molecule has 2 N–H and O–H groups in total. The average molecular weight is 1180 g/mol. The van der Waals surface area contributed by atoms with Crippen molar-refractivity contribution in [3.63, 3.8) is 0 Å². The zero-order valence-corrected chi connectivity index (χ0v) is 39.6. The van der Waals surface area contributed by atoms with E-state index in [-0.39, 0.29) is 19.5 Å². The number of nitrogens with zero attached hydrogens (tertiary/aromatic N) is 2. The minimum absolute atomic E-state index is 0. The Morgan fingerprint density at radius 2 is 0.509 bits per heavy atom. The van der Waals surface area contributed by atoms with Gasteiger partial charge in [-0.05, 0) is 210 Å². The van der Waals surface area contributed by atoms with E-state index in [9.17, 15) is 0 Å². The van der Waals surface area contributed by atoms with E-state index in [1.165, 1.54) is 14.3 Å². The van der Waals surface area contributed by atoms with Gasteiger partial charge in [-0.1, -0.05) is 48.5 Å². The van der Waals surface area contributed by atoms with E-state index in [1.807, 2.05) is 0 Å². The quantitative estimate of drug-likeness (QED) is 0.136. The number of hydrogen-bond acceptors (Lipinski definition) is 2. The van der Waals surface area contributed by atoms with Crippen molar-refractivity contribution in [2.45, 2.75) is 0 Å². The normalized spacial score (nSPS) is 11.8. The molecule has 0 saturated heterocycles. The van der Waals surface area contributed by atoms with Crippen LogP contribution in [0.4, 0.5) is 0 Å². The van der Waals surface area contributed by atoms with Crippen LogP contribution in [0.25, 0.3) is 90.9 Å². The molecular formula is C44H26I4N4Zn+2. The monoisotopic (exact) mass is 1180 g/mol. The van der Waals surface area contributed by atoms with Gasteiger partial charge in [0.2, 0.25) is 0 Å². The van der Waals surface area contributed by atoms with Crippen LogP contribution in [-0.2, 0) is 19.5 Å². The van der Waals surface area contributed by atoms with E-state index in [2.05, 4.69) is 246 Å². The Hall–Kier alpha value is -2.98. The molecule has 2 aliphatic rings. The van der Waals surface area contributed by atoms with Crippen LogP contribution < -0.4 is 0 Å². The fraction of sp³-hybridized carbons (Fsp3) is 0. The molecule has 0 aliphatic carbocycles. The largest absolute Gasteiger partial charge is 2.00 e. The summed E-state index contributed by atoms with van der Waals surface area (Å²) in [6.45, 7) is 0. The van der Waals surface area contributed by atoms with Gasteiger partial charge < -0.3 is 9.97 Å². The van der Waals surface area contributed by atoms with Crippen LogP contribution in [0.2, 0.25) is 0 Å². The van der Waals surface area contributed by atoms with Gasteiger partial charge in [0.05, 0.1) is 22.8 Å². The number of benzene rings is 4. The Kier molecular flexibility index (Phi) is 10.9. The van der Waals surface area contributed by atoms with Crippen LogP contribution in [0.1, 0.15) is 22.8 Å². The van der Waals surface area contributed by atoms with Crippen LogP contribution in [0.3, 0.4) is 0 Å². The molecule has 8 bridgehead atoms. The fourth-order valence-corrected chi connectivity index (χ4v) is 8.32. The molecule has 4 nitrogen and oxygen atoms in total. The van der Waals surface area contributed by atoms with Crippen molar-refractivity contribution in [3.05, 3.63) is 158 Å². The van der Waals surface area contributed by atoms with Crippen molar-refractivity contribution < 1.29 is 19.5 Å². The first-order chi connectivity index (χ1) is 25.4. The van der Waals surface area contributed by atoms with Gasteiger partial charge in [0, 0.05) is 58.6 Å². The number of aromatic amines is 2. The Morgan fingerprint density at radius 1 is 0.302 bits per heavy atom. The van der Waals surface area contributed by atoms with Gasteiger partial charge in [-0.25, -0.2) is 9.97 Å². The second-order valence-electron chi connectivity index (χ2n) is 12.5. The summed E-state index contributed by atoms with van der Waals surface area (Å²) in [4.78, 5) is 18.5. The molecule has 0 radical (unpaired) electrons. The van der Waals surface area contributed by atoms with Crippen LogP contribution in [0.15, 0.2) is 121 Å². The van der Waals surface area contributed by atoms with Crippen molar-refractivity contribution in [3.8, 4) is 44.5 Å². The number of fused-ring (bicyclic) bond motifs is 8. The fourth-order valence-electron chi connectivity index (χ4n) is 6.89. The molecule has 0 amide bonds. The minimum Gasteiger partial charge on any atom is -0.354 e. The van der Waals surface area contributed by atoms with Crippen molar-refractivity contribution >= 4 is 137 Å². The van der Waals surface area contributed by atoms with Gasteiger partial charge >= 0.3 is 19.5 Å². The van der Waals surface area contributed by atoms with E-state index in [0.29, 0.717) is 0 Å². The second-order valence-corrected chi connectivity index (χ2v) is 17.5. The molecule has 0 fully saturated rings. The first kappa shape index (κ1) is 37.0. The van der Waals surface area contributed by atoms with E-state index in [1.54, 1.807) is 0 Å².